The molecule has 2 rings (SSSR count). The van der Waals surface area contributed by atoms with Crippen LogP contribution in [-0.2, 0) is 6.42 Å². The molecule has 2 N–H and O–H groups in total. The van der Waals surface area contributed by atoms with Crippen LogP contribution in [0.1, 0.15) is 12.3 Å². The van der Waals surface area contributed by atoms with E-state index in [1.807, 2.05) is 18.2 Å². The Morgan fingerprint density at radius 2 is 2.22 bits per heavy atom. The van der Waals surface area contributed by atoms with Crippen molar-refractivity contribution < 1.29 is 9.15 Å². The number of benzene rings is 1. The van der Waals surface area contributed by atoms with E-state index in [-0.39, 0.29) is 0 Å². The Hall–Kier alpha value is -1.40. The van der Waals surface area contributed by atoms with Gasteiger partial charge in [0.2, 0.25) is 5.89 Å². The maximum atomic E-state index is 5.58. The van der Waals surface area contributed by atoms with Crippen LogP contribution in [0.4, 0.5) is 0 Å². The Balaban J connectivity index is 2.28. The molecular weight excluding hydrogens is 298 g/mol. The van der Waals surface area contributed by atoms with Gasteiger partial charge in [0.15, 0.2) is 0 Å². The summed E-state index contributed by atoms with van der Waals surface area (Å²) < 4.78 is 11.8. The lowest BCUT2D eigenvalue weighted by molar-refractivity contribution is 0.413. The minimum absolute atomic E-state index is 0.464. The van der Waals surface area contributed by atoms with Crippen LogP contribution < -0.4 is 10.5 Å². The van der Waals surface area contributed by atoms with Gasteiger partial charge in [-0.15, -0.1) is 10.2 Å². The van der Waals surface area contributed by atoms with Crippen LogP contribution in [0.25, 0.3) is 11.5 Å². The van der Waals surface area contributed by atoms with Crippen molar-refractivity contribution in [1.82, 2.24) is 10.2 Å². The van der Waals surface area contributed by atoms with Crippen molar-refractivity contribution in [3.05, 3.63) is 28.6 Å². The molecule has 6 heteroatoms. The molecule has 0 radical (unpaired) electrons. The van der Waals surface area contributed by atoms with Crippen LogP contribution in [0, 0.1) is 0 Å². The second-order valence-corrected chi connectivity index (χ2v) is 4.65. The number of rotatable bonds is 5. The van der Waals surface area contributed by atoms with Crippen molar-refractivity contribution in [2.45, 2.75) is 12.8 Å². The van der Waals surface area contributed by atoms with Crippen LogP contribution in [0.15, 0.2) is 27.1 Å². The summed E-state index contributed by atoms with van der Waals surface area (Å²) in [4.78, 5) is 0. The Bertz CT molecular complexity index is 528. The van der Waals surface area contributed by atoms with Gasteiger partial charge in [-0.1, -0.05) is 15.9 Å². The minimum atomic E-state index is 0.464. The summed E-state index contributed by atoms with van der Waals surface area (Å²) in [7, 11) is 1.61. The van der Waals surface area contributed by atoms with Crippen molar-refractivity contribution in [3.8, 4) is 17.2 Å². The molecule has 0 aliphatic heterocycles. The SMILES string of the molecule is COc1cc(Br)ccc1-c1nnc(CCCN)o1. The maximum Gasteiger partial charge on any atom is 0.251 e. The third kappa shape index (κ3) is 2.88. The molecule has 0 fully saturated rings. The predicted octanol–water partition coefficient (Wildman–Crippen LogP) is 2.40. The first-order valence-electron chi connectivity index (χ1n) is 5.61. The molecule has 0 saturated heterocycles. The van der Waals surface area contributed by atoms with Gasteiger partial charge >= 0.3 is 0 Å². The highest BCUT2D eigenvalue weighted by atomic mass is 79.9. The molecule has 1 heterocycles. The number of aromatic nitrogens is 2. The van der Waals surface area contributed by atoms with Gasteiger partial charge in [-0.05, 0) is 31.2 Å². The van der Waals surface area contributed by atoms with E-state index in [0.717, 1.165) is 16.5 Å². The lowest BCUT2D eigenvalue weighted by Crippen LogP contribution is -2.00. The zero-order valence-corrected chi connectivity index (χ0v) is 11.6. The number of hydrogen-bond acceptors (Lipinski definition) is 5. The van der Waals surface area contributed by atoms with Gasteiger partial charge in [-0.2, -0.15) is 0 Å². The molecule has 0 saturated carbocycles. The van der Waals surface area contributed by atoms with Gasteiger partial charge in [0.05, 0.1) is 12.7 Å². The molecule has 1 aromatic carbocycles. The molecule has 0 aliphatic carbocycles. The quantitative estimate of drug-likeness (QED) is 0.917. The van der Waals surface area contributed by atoms with Crippen LogP contribution >= 0.6 is 15.9 Å². The van der Waals surface area contributed by atoms with Gasteiger partial charge in [-0.3, -0.25) is 0 Å². The summed E-state index contributed by atoms with van der Waals surface area (Å²) in [6.07, 6.45) is 1.53. The van der Waals surface area contributed by atoms with Gasteiger partial charge in [0, 0.05) is 10.9 Å². The summed E-state index contributed by atoms with van der Waals surface area (Å²) in [5, 5.41) is 8.01. The molecule has 0 unspecified atom stereocenters. The van der Waals surface area contributed by atoms with Crippen LogP contribution in [0.3, 0.4) is 0 Å². The van der Waals surface area contributed by atoms with Crippen LogP contribution in [0.5, 0.6) is 5.75 Å². The van der Waals surface area contributed by atoms with Crippen LogP contribution in [-0.4, -0.2) is 23.9 Å². The van der Waals surface area contributed by atoms with Gasteiger partial charge < -0.3 is 14.9 Å². The highest BCUT2D eigenvalue weighted by molar-refractivity contribution is 9.10. The largest absolute Gasteiger partial charge is 0.496 e. The molecule has 18 heavy (non-hydrogen) atoms. The third-order valence-corrected chi connectivity index (χ3v) is 2.95. The average molecular weight is 312 g/mol. The highest BCUT2D eigenvalue weighted by Gasteiger charge is 2.13. The number of methoxy groups -OCH3 is 1. The summed E-state index contributed by atoms with van der Waals surface area (Å²) in [6.45, 7) is 0.610. The normalized spacial score (nSPS) is 10.6. The standard InChI is InChI=1S/C12H14BrN3O2/c1-17-10-7-8(13)4-5-9(10)12-16-15-11(18-12)3-2-6-14/h4-5,7H,2-3,6,14H2,1H3. The maximum absolute atomic E-state index is 5.58. The Labute approximate surface area is 113 Å². The first kappa shape index (κ1) is 13.0. The molecule has 0 aliphatic rings. The molecular formula is C12H14BrN3O2. The monoisotopic (exact) mass is 311 g/mol. The second kappa shape index (κ2) is 5.97. The smallest absolute Gasteiger partial charge is 0.251 e. The van der Waals surface area contributed by atoms with E-state index in [0.29, 0.717) is 30.5 Å². The number of halogens is 1. The number of nitrogens with two attached hydrogens (primary N) is 1. The van der Waals surface area contributed by atoms with Gasteiger partial charge in [0.1, 0.15) is 5.75 Å². The minimum Gasteiger partial charge on any atom is -0.496 e. The fraction of sp³-hybridized carbons (Fsp3) is 0.333. The number of nitrogens with zero attached hydrogens (tertiary/aromatic N) is 2. The average Bonchev–Trinajstić information content (AvgIpc) is 2.84. The number of ether oxygens (including phenoxy) is 1. The van der Waals surface area contributed by atoms with E-state index in [9.17, 15) is 0 Å². The van der Waals surface area contributed by atoms with E-state index in [1.54, 1.807) is 7.11 Å². The molecule has 2 aromatic rings. The fourth-order valence-electron chi connectivity index (χ4n) is 1.56. The Morgan fingerprint density at radius 3 is 2.94 bits per heavy atom. The molecule has 5 nitrogen and oxygen atoms in total. The van der Waals surface area contributed by atoms with E-state index < -0.39 is 0 Å². The molecule has 0 atom stereocenters. The van der Waals surface area contributed by atoms with Gasteiger partial charge in [-0.25, -0.2) is 0 Å². The lowest BCUT2D eigenvalue weighted by Gasteiger charge is -2.04. The van der Waals surface area contributed by atoms with Crippen molar-refractivity contribution >= 4 is 15.9 Å². The summed E-state index contributed by atoms with van der Waals surface area (Å²) in [5.74, 6) is 1.75. The highest BCUT2D eigenvalue weighted by Crippen LogP contribution is 2.31. The van der Waals surface area contributed by atoms with E-state index >= 15 is 0 Å². The fourth-order valence-corrected chi connectivity index (χ4v) is 1.90. The number of aryl methyl sites for hydroxylation is 1. The lowest BCUT2D eigenvalue weighted by atomic mass is 10.2. The predicted molar refractivity (Wildman–Crippen MR) is 71.4 cm³/mol. The second-order valence-electron chi connectivity index (χ2n) is 3.74. The van der Waals surface area contributed by atoms with E-state index in [2.05, 4.69) is 26.1 Å². The first-order valence-corrected chi connectivity index (χ1v) is 6.40. The zero-order chi connectivity index (χ0) is 13.0. The van der Waals surface area contributed by atoms with Gasteiger partial charge in [0.25, 0.3) is 5.89 Å². The first-order chi connectivity index (χ1) is 8.74. The summed E-state index contributed by atoms with van der Waals surface area (Å²) in [6, 6.07) is 5.64. The van der Waals surface area contributed by atoms with Crippen LogP contribution in [0.2, 0.25) is 0 Å². The third-order valence-electron chi connectivity index (χ3n) is 2.46. The topological polar surface area (TPSA) is 74.2 Å². The Morgan fingerprint density at radius 1 is 1.39 bits per heavy atom. The molecule has 0 bridgehead atoms. The molecule has 0 amide bonds. The molecule has 1 aromatic heterocycles. The Kier molecular flexibility index (Phi) is 4.33. The number of hydrogen-bond donors (Lipinski definition) is 1. The molecule has 96 valence electrons. The van der Waals surface area contributed by atoms with E-state index in [1.165, 1.54) is 0 Å². The van der Waals surface area contributed by atoms with Crippen molar-refractivity contribution in [3.63, 3.8) is 0 Å². The van der Waals surface area contributed by atoms with Crippen molar-refractivity contribution in [2.24, 2.45) is 5.73 Å². The summed E-state index contributed by atoms with van der Waals surface area (Å²) >= 11 is 3.39. The van der Waals surface area contributed by atoms with Crippen molar-refractivity contribution in [1.29, 1.82) is 0 Å². The molecule has 0 spiro atoms. The summed E-state index contributed by atoms with van der Waals surface area (Å²) in [5.41, 5.74) is 6.23. The zero-order valence-electron chi connectivity index (χ0n) is 10.0. The van der Waals surface area contributed by atoms with Crippen molar-refractivity contribution in [2.75, 3.05) is 13.7 Å². The van der Waals surface area contributed by atoms with E-state index in [4.69, 9.17) is 14.9 Å².